The van der Waals surface area contributed by atoms with Gasteiger partial charge in [-0.15, -0.1) is 0 Å². The highest BCUT2D eigenvalue weighted by atomic mass is 16.6. The summed E-state index contributed by atoms with van der Waals surface area (Å²) in [6, 6.07) is 0.0801. The van der Waals surface area contributed by atoms with E-state index in [-0.39, 0.29) is 24.4 Å². The Labute approximate surface area is 130 Å². The lowest BCUT2D eigenvalue weighted by molar-refractivity contribution is -0.133. The number of likely N-dealkylation sites (tertiary alicyclic amines) is 1. The number of hydrogen-bond donors (Lipinski definition) is 1. The first-order valence-corrected chi connectivity index (χ1v) is 8.03. The molecule has 2 heterocycles. The predicted octanol–water partition coefficient (Wildman–Crippen LogP) is 0.367. The largest absolute Gasteiger partial charge is 0.389 e. The molecule has 1 saturated heterocycles. The maximum Gasteiger partial charge on any atom is 0.228 e. The van der Waals surface area contributed by atoms with Gasteiger partial charge >= 0.3 is 0 Å². The Bertz CT molecular complexity index is 527. The topological polar surface area (TPSA) is 82.7 Å². The van der Waals surface area contributed by atoms with Gasteiger partial charge in [0.15, 0.2) is 0 Å². The van der Waals surface area contributed by atoms with Crippen molar-refractivity contribution >= 4 is 5.91 Å². The van der Waals surface area contributed by atoms with E-state index in [0.717, 1.165) is 25.9 Å². The molecule has 1 saturated carbocycles. The van der Waals surface area contributed by atoms with Crippen LogP contribution in [0.2, 0.25) is 0 Å². The zero-order chi connectivity index (χ0) is 15.7. The highest BCUT2D eigenvalue weighted by Crippen LogP contribution is 2.30. The monoisotopic (exact) mass is 308 g/mol. The molecule has 0 spiro atoms. The van der Waals surface area contributed by atoms with Crippen molar-refractivity contribution in [1.29, 1.82) is 0 Å². The normalized spacial score (nSPS) is 29.1. The van der Waals surface area contributed by atoms with Crippen LogP contribution in [0.25, 0.3) is 0 Å². The molecule has 22 heavy (non-hydrogen) atoms. The number of aryl methyl sites for hydroxylation is 1. The fraction of sp³-hybridized carbons (Fsp3) is 0.800. The Kier molecular flexibility index (Phi) is 4.44. The average Bonchev–Trinajstić information content (AvgIpc) is 3.21. The Morgan fingerprint density at radius 2 is 2.09 bits per heavy atom. The number of likely N-dealkylation sites (N-methyl/N-ethyl adjacent to an activating group) is 1. The van der Waals surface area contributed by atoms with Crippen molar-refractivity contribution in [2.75, 3.05) is 20.1 Å². The molecule has 3 rings (SSSR count). The average molecular weight is 308 g/mol. The van der Waals surface area contributed by atoms with Crippen molar-refractivity contribution in [1.82, 2.24) is 20.1 Å². The summed E-state index contributed by atoms with van der Waals surface area (Å²) in [4.78, 5) is 16.5. The summed E-state index contributed by atoms with van der Waals surface area (Å²) in [7, 11) is 1.77. The van der Waals surface area contributed by atoms with Crippen LogP contribution in [0.1, 0.15) is 37.1 Å². The molecule has 7 heteroatoms. The molecular formula is C15H24N4O3. The van der Waals surface area contributed by atoms with Crippen molar-refractivity contribution in [3.05, 3.63) is 11.4 Å². The molecule has 1 N–H and O–H groups in total. The van der Waals surface area contributed by atoms with Crippen molar-refractivity contribution in [2.45, 2.75) is 57.2 Å². The third-order valence-electron chi connectivity index (χ3n) is 5.11. The van der Waals surface area contributed by atoms with E-state index in [2.05, 4.69) is 19.8 Å². The Hall–Kier alpha value is -1.47. The van der Waals surface area contributed by atoms with E-state index in [9.17, 15) is 9.90 Å². The van der Waals surface area contributed by atoms with Gasteiger partial charge in [-0.25, -0.2) is 4.63 Å². The fourth-order valence-corrected chi connectivity index (χ4v) is 3.70. The Balaban J connectivity index is 1.61. The number of aliphatic hydroxyl groups is 1. The van der Waals surface area contributed by atoms with Crippen LogP contribution >= 0.6 is 0 Å². The van der Waals surface area contributed by atoms with E-state index in [1.165, 1.54) is 12.8 Å². The highest BCUT2D eigenvalue weighted by Gasteiger charge is 2.41. The number of carbonyl (C=O) groups excluding carboxylic acids is 1. The maximum absolute atomic E-state index is 12.4. The molecule has 1 aliphatic carbocycles. The van der Waals surface area contributed by atoms with E-state index in [1.807, 2.05) is 0 Å². The SMILES string of the molecule is Cc1nonc1CC(=O)N(C)[C@@H]1CC[C@@H](N2CCCC2)[C@@H]1O. The first kappa shape index (κ1) is 15.4. The summed E-state index contributed by atoms with van der Waals surface area (Å²) in [6.07, 6.45) is 3.92. The van der Waals surface area contributed by atoms with Crippen LogP contribution in [0.15, 0.2) is 4.63 Å². The number of amides is 1. The molecule has 1 aliphatic heterocycles. The number of aromatic nitrogens is 2. The van der Waals surface area contributed by atoms with Crippen LogP contribution in [0.4, 0.5) is 0 Å². The molecule has 122 valence electrons. The molecule has 2 fully saturated rings. The number of hydrogen-bond acceptors (Lipinski definition) is 6. The van der Waals surface area contributed by atoms with Gasteiger partial charge < -0.3 is 10.0 Å². The quantitative estimate of drug-likeness (QED) is 0.865. The van der Waals surface area contributed by atoms with Gasteiger partial charge in [-0.2, -0.15) is 0 Å². The minimum absolute atomic E-state index is 0.0510. The van der Waals surface area contributed by atoms with Crippen LogP contribution in [-0.2, 0) is 11.2 Å². The highest BCUT2D eigenvalue weighted by molar-refractivity contribution is 5.78. The maximum atomic E-state index is 12.4. The van der Waals surface area contributed by atoms with Crippen molar-refractivity contribution in [3.63, 3.8) is 0 Å². The summed E-state index contributed by atoms with van der Waals surface area (Å²) in [5, 5.41) is 18.1. The molecule has 1 aromatic rings. The van der Waals surface area contributed by atoms with E-state index in [0.29, 0.717) is 11.4 Å². The molecule has 0 bridgehead atoms. The summed E-state index contributed by atoms with van der Waals surface area (Å²) < 4.78 is 4.63. The van der Waals surface area contributed by atoms with Gasteiger partial charge in [-0.3, -0.25) is 9.69 Å². The second kappa shape index (κ2) is 6.34. The Morgan fingerprint density at radius 1 is 1.36 bits per heavy atom. The lowest BCUT2D eigenvalue weighted by Gasteiger charge is -2.32. The summed E-state index contributed by atoms with van der Waals surface area (Å²) in [5.41, 5.74) is 1.21. The lowest BCUT2D eigenvalue weighted by Crippen LogP contribution is -2.48. The molecule has 7 nitrogen and oxygen atoms in total. The molecular weight excluding hydrogens is 284 g/mol. The second-order valence-corrected chi connectivity index (χ2v) is 6.42. The summed E-state index contributed by atoms with van der Waals surface area (Å²) >= 11 is 0. The molecule has 3 atom stereocenters. The van der Waals surface area contributed by atoms with E-state index >= 15 is 0 Å². The third kappa shape index (κ3) is 2.87. The number of nitrogens with zero attached hydrogens (tertiary/aromatic N) is 4. The molecule has 0 unspecified atom stereocenters. The van der Waals surface area contributed by atoms with Crippen molar-refractivity contribution in [2.24, 2.45) is 0 Å². The van der Waals surface area contributed by atoms with Crippen molar-refractivity contribution < 1.29 is 14.5 Å². The van der Waals surface area contributed by atoms with E-state index in [4.69, 9.17) is 0 Å². The first-order valence-electron chi connectivity index (χ1n) is 8.03. The van der Waals surface area contributed by atoms with Gasteiger partial charge in [0.25, 0.3) is 0 Å². The number of carbonyl (C=O) groups is 1. The van der Waals surface area contributed by atoms with Gasteiger partial charge in [0.1, 0.15) is 11.4 Å². The van der Waals surface area contributed by atoms with E-state index < -0.39 is 6.10 Å². The van der Waals surface area contributed by atoms with Gasteiger partial charge in [0.05, 0.1) is 18.6 Å². The van der Waals surface area contributed by atoms with Crippen LogP contribution in [0, 0.1) is 6.92 Å². The predicted molar refractivity (Wildman–Crippen MR) is 79.1 cm³/mol. The van der Waals surface area contributed by atoms with E-state index in [1.54, 1.807) is 18.9 Å². The zero-order valence-electron chi connectivity index (χ0n) is 13.2. The van der Waals surface area contributed by atoms with Crippen LogP contribution in [0.5, 0.6) is 0 Å². The molecule has 0 aromatic carbocycles. The first-order chi connectivity index (χ1) is 10.6. The van der Waals surface area contributed by atoms with Crippen LogP contribution in [0.3, 0.4) is 0 Å². The van der Waals surface area contributed by atoms with Gasteiger partial charge in [0, 0.05) is 13.1 Å². The van der Waals surface area contributed by atoms with Gasteiger partial charge in [0.2, 0.25) is 5.91 Å². The molecule has 0 radical (unpaired) electrons. The van der Waals surface area contributed by atoms with Crippen LogP contribution < -0.4 is 0 Å². The molecule has 2 aliphatic rings. The van der Waals surface area contributed by atoms with Gasteiger partial charge in [-0.1, -0.05) is 10.3 Å². The van der Waals surface area contributed by atoms with Crippen LogP contribution in [-0.4, -0.2) is 69.5 Å². The molecule has 1 aromatic heterocycles. The summed E-state index contributed by atoms with van der Waals surface area (Å²) in [5.74, 6) is -0.0510. The minimum Gasteiger partial charge on any atom is -0.389 e. The van der Waals surface area contributed by atoms with Crippen molar-refractivity contribution in [3.8, 4) is 0 Å². The number of aliphatic hydroxyl groups excluding tert-OH is 1. The molecule has 1 amide bonds. The minimum atomic E-state index is -0.469. The fourth-order valence-electron chi connectivity index (χ4n) is 3.70. The Morgan fingerprint density at radius 3 is 2.73 bits per heavy atom. The smallest absolute Gasteiger partial charge is 0.228 e. The second-order valence-electron chi connectivity index (χ2n) is 6.42. The number of rotatable bonds is 4. The third-order valence-corrected chi connectivity index (χ3v) is 5.11. The summed E-state index contributed by atoms with van der Waals surface area (Å²) in [6.45, 7) is 3.90. The lowest BCUT2D eigenvalue weighted by atomic mass is 10.1. The standard InChI is InChI=1S/C15H24N4O3/c1-10-11(17-22-16-10)9-14(20)18(2)12-5-6-13(15(12)21)19-7-3-4-8-19/h12-13,15,21H,3-9H2,1-2H3/t12-,13-,15-/m1/s1. The zero-order valence-corrected chi connectivity index (χ0v) is 13.2. The van der Waals surface area contributed by atoms with Gasteiger partial charge in [-0.05, 0) is 45.7 Å².